The van der Waals surface area contributed by atoms with Gasteiger partial charge in [0.15, 0.2) is 0 Å². The fourth-order valence-corrected chi connectivity index (χ4v) is 2.12. The Morgan fingerprint density at radius 3 is 2.40 bits per heavy atom. The molecule has 1 aliphatic carbocycles. The Labute approximate surface area is 128 Å². The van der Waals surface area contributed by atoms with Crippen molar-refractivity contribution >= 4 is 27.7 Å². The van der Waals surface area contributed by atoms with Crippen LogP contribution < -0.4 is 10.6 Å². The molecule has 0 radical (unpaired) electrons. The van der Waals surface area contributed by atoms with Crippen LogP contribution in [0.2, 0.25) is 0 Å². The molecule has 1 amide bonds. The van der Waals surface area contributed by atoms with E-state index in [9.17, 15) is 4.79 Å². The molecule has 2 rings (SSSR count). The Bertz CT molecular complexity index is 476. The van der Waals surface area contributed by atoms with Crippen molar-refractivity contribution in [2.45, 2.75) is 44.8 Å². The van der Waals surface area contributed by atoms with Crippen LogP contribution in [0.15, 0.2) is 28.7 Å². The van der Waals surface area contributed by atoms with Gasteiger partial charge in [-0.05, 0) is 57.9 Å². The van der Waals surface area contributed by atoms with Crippen LogP contribution in [0.25, 0.3) is 0 Å². The highest BCUT2D eigenvalue weighted by Gasteiger charge is 2.44. The van der Waals surface area contributed by atoms with Crippen LogP contribution in [0.3, 0.4) is 0 Å². The summed E-state index contributed by atoms with van der Waals surface area (Å²) in [4.78, 5) is 11.8. The molecule has 0 bridgehead atoms. The van der Waals surface area contributed by atoms with E-state index in [0.29, 0.717) is 6.54 Å². The van der Waals surface area contributed by atoms with E-state index >= 15 is 0 Å². The Balaban J connectivity index is 1.83. The largest absolute Gasteiger partial charge is 0.444 e. The smallest absolute Gasteiger partial charge is 0.408 e. The summed E-state index contributed by atoms with van der Waals surface area (Å²) < 4.78 is 6.35. The molecule has 0 spiro atoms. The van der Waals surface area contributed by atoms with Gasteiger partial charge in [-0.15, -0.1) is 0 Å². The lowest BCUT2D eigenvalue weighted by Gasteiger charge is -2.24. The quantitative estimate of drug-likeness (QED) is 0.873. The van der Waals surface area contributed by atoms with Crippen molar-refractivity contribution in [3.05, 3.63) is 28.7 Å². The molecule has 4 nitrogen and oxygen atoms in total. The van der Waals surface area contributed by atoms with Crippen LogP contribution in [-0.4, -0.2) is 23.8 Å². The van der Waals surface area contributed by atoms with E-state index in [-0.39, 0.29) is 11.6 Å². The fraction of sp³-hybridized carbons (Fsp3) is 0.533. The second-order valence-electron chi connectivity index (χ2n) is 6.27. The van der Waals surface area contributed by atoms with Crippen LogP contribution in [0.1, 0.15) is 33.6 Å². The predicted molar refractivity (Wildman–Crippen MR) is 84.0 cm³/mol. The van der Waals surface area contributed by atoms with E-state index in [1.807, 2.05) is 45.0 Å². The van der Waals surface area contributed by atoms with E-state index in [4.69, 9.17) is 4.74 Å². The minimum absolute atomic E-state index is 0.157. The van der Waals surface area contributed by atoms with E-state index in [1.165, 1.54) is 0 Å². The molecule has 0 aromatic heterocycles. The minimum Gasteiger partial charge on any atom is -0.444 e. The van der Waals surface area contributed by atoms with E-state index in [2.05, 4.69) is 26.6 Å². The molecular formula is C15H21BrN2O2. The second-order valence-corrected chi connectivity index (χ2v) is 7.18. The third-order valence-electron chi connectivity index (χ3n) is 3.09. The maximum atomic E-state index is 11.8. The summed E-state index contributed by atoms with van der Waals surface area (Å²) in [6.07, 6.45) is 1.62. The highest BCUT2D eigenvalue weighted by atomic mass is 79.9. The first-order valence-electron chi connectivity index (χ1n) is 6.79. The van der Waals surface area contributed by atoms with Crippen LogP contribution >= 0.6 is 15.9 Å². The average Bonchev–Trinajstić information content (AvgIpc) is 3.06. The van der Waals surface area contributed by atoms with Crippen LogP contribution in [0.5, 0.6) is 0 Å². The van der Waals surface area contributed by atoms with Crippen molar-refractivity contribution in [1.82, 2.24) is 5.32 Å². The number of rotatable bonds is 4. The van der Waals surface area contributed by atoms with Gasteiger partial charge in [0.2, 0.25) is 0 Å². The Hall–Kier alpha value is -1.23. The van der Waals surface area contributed by atoms with Crippen molar-refractivity contribution in [2.24, 2.45) is 0 Å². The lowest BCUT2D eigenvalue weighted by atomic mass is 10.2. The summed E-state index contributed by atoms with van der Waals surface area (Å²) in [5.74, 6) is 0. The summed E-state index contributed by atoms with van der Waals surface area (Å²) in [5, 5.41) is 6.32. The van der Waals surface area contributed by atoms with Crippen molar-refractivity contribution in [1.29, 1.82) is 0 Å². The number of amides is 1. The van der Waals surface area contributed by atoms with Gasteiger partial charge in [-0.2, -0.15) is 0 Å². The molecule has 0 heterocycles. The molecule has 110 valence electrons. The van der Waals surface area contributed by atoms with Crippen molar-refractivity contribution in [3.63, 3.8) is 0 Å². The number of hydrogen-bond donors (Lipinski definition) is 2. The van der Waals surface area contributed by atoms with Crippen molar-refractivity contribution < 1.29 is 9.53 Å². The first kappa shape index (κ1) is 15.2. The van der Waals surface area contributed by atoms with Gasteiger partial charge in [-0.25, -0.2) is 4.79 Å². The van der Waals surface area contributed by atoms with E-state index in [1.54, 1.807) is 0 Å². The molecule has 1 aromatic rings. The van der Waals surface area contributed by atoms with Crippen LogP contribution in [-0.2, 0) is 4.74 Å². The molecule has 20 heavy (non-hydrogen) atoms. The highest BCUT2D eigenvalue weighted by Crippen LogP contribution is 2.35. The summed E-state index contributed by atoms with van der Waals surface area (Å²) in [5.41, 5.74) is 0.430. The third-order valence-corrected chi connectivity index (χ3v) is 3.62. The number of alkyl carbamates (subject to hydrolysis) is 1. The van der Waals surface area contributed by atoms with Gasteiger partial charge in [0.05, 0.1) is 5.54 Å². The van der Waals surface area contributed by atoms with Crippen LogP contribution in [0, 0.1) is 0 Å². The number of carbonyl (C=O) groups is 1. The zero-order valence-corrected chi connectivity index (χ0v) is 13.7. The standard InChI is InChI=1S/C15H21BrN2O2/c1-14(2,3)20-13(19)18-15(8-9-15)10-17-12-6-4-11(16)5-7-12/h4-7,17H,8-10H2,1-3H3,(H,18,19). The molecule has 0 unspecified atom stereocenters. The number of anilines is 1. The normalized spacial score (nSPS) is 16.4. The van der Waals surface area contributed by atoms with Gasteiger partial charge < -0.3 is 15.4 Å². The highest BCUT2D eigenvalue weighted by molar-refractivity contribution is 9.10. The number of benzene rings is 1. The first-order chi connectivity index (χ1) is 9.28. The van der Waals surface area contributed by atoms with Gasteiger partial charge >= 0.3 is 6.09 Å². The monoisotopic (exact) mass is 340 g/mol. The minimum atomic E-state index is -0.459. The number of halogens is 1. The maximum absolute atomic E-state index is 11.8. The Kier molecular flexibility index (Phi) is 4.28. The summed E-state index contributed by atoms with van der Waals surface area (Å²) in [6, 6.07) is 7.99. The maximum Gasteiger partial charge on any atom is 0.408 e. The van der Waals surface area contributed by atoms with Gasteiger partial charge in [0.1, 0.15) is 5.60 Å². The zero-order chi connectivity index (χ0) is 14.8. The summed E-state index contributed by atoms with van der Waals surface area (Å²) >= 11 is 3.41. The third kappa shape index (κ3) is 4.71. The molecular weight excluding hydrogens is 320 g/mol. The number of nitrogens with one attached hydrogen (secondary N) is 2. The topological polar surface area (TPSA) is 50.4 Å². The lowest BCUT2D eigenvalue weighted by Crippen LogP contribution is -2.44. The van der Waals surface area contributed by atoms with Crippen molar-refractivity contribution in [2.75, 3.05) is 11.9 Å². The van der Waals surface area contributed by atoms with Gasteiger partial charge in [-0.1, -0.05) is 15.9 Å². The fourth-order valence-electron chi connectivity index (χ4n) is 1.86. The summed E-state index contributed by atoms with van der Waals surface area (Å²) in [6.45, 7) is 6.32. The average molecular weight is 341 g/mol. The molecule has 0 saturated heterocycles. The second kappa shape index (κ2) is 5.64. The molecule has 0 atom stereocenters. The Morgan fingerprint density at radius 2 is 1.90 bits per heavy atom. The molecule has 0 aliphatic heterocycles. The lowest BCUT2D eigenvalue weighted by molar-refractivity contribution is 0.0500. The SMILES string of the molecule is CC(C)(C)OC(=O)NC1(CNc2ccc(Br)cc2)CC1. The summed E-state index contributed by atoms with van der Waals surface area (Å²) in [7, 11) is 0. The first-order valence-corrected chi connectivity index (χ1v) is 7.58. The molecule has 1 saturated carbocycles. The number of ether oxygens (including phenoxy) is 1. The van der Waals surface area contributed by atoms with Gasteiger partial charge in [0, 0.05) is 16.7 Å². The zero-order valence-electron chi connectivity index (χ0n) is 12.1. The van der Waals surface area contributed by atoms with Crippen LogP contribution in [0.4, 0.5) is 10.5 Å². The number of carbonyl (C=O) groups excluding carboxylic acids is 1. The van der Waals surface area contributed by atoms with E-state index in [0.717, 1.165) is 23.0 Å². The molecule has 2 N–H and O–H groups in total. The van der Waals surface area contributed by atoms with Gasteiger partial charge in [0.25, 0.3) is 0 Å². The van der Waals surface area contributed by atoms with Crippen molar-refractivity contribution in [3.8, 4) is 0 Å². The molecule has 1 aromatic carbocycles. The van der Waals surface area contributed by atoms with Gasteiger partial charge in [-0.3, -0.25) is 0 Å². The Morgan fingerprint density at radius 1 is 1.30 bits per heavy atom. The predicted octanol–water partition coefficient (Wildman–Crippen LogP) is 3.92. The molecule has 1 fully saturated rings. The van der Waals surface area contributed by atoms with E-state index < -0.39 is 5.60 Å². The number of hydrogen-bond acceptors (Lipinski definition) is 3. The molecule has 5 heteroatoms. The molecule has 1 aliphatic rings.